The minimum absolute atomic E-state index is 0.135. The van der Waals surface area contributed by atoms with Crippen LogP contribution >= 0.6 is 0 Å². The molecule has 108 valence electrons. The summed E-state index contributed by atoms with van der Waals surface area (Å²) in [5.74, 6) is -3.85. The van der Waals surface area contributed by atoms with Crippen LogP contribution in [0, 0.1) is 5.82 Å². The maximum atomic E-state index is 13.9. The fourth-order valence-electron chi connectivity index (χ4n) is 1.86. The lowest BCUT2D eigenvalue weighted by Gasteiger charge is -2.15. The van der Waals surface area contributed by atoms with E-state index >= 15 is 0 Å². The van der Waals surface area contributed by atoms with Crippen LogP contribution in [0.3, 0.4) is 0 Å². The van der Waals surface area contributed by atoms with Crippen molar-refractivity contribution < 1.29 is 17.9 Å². The van der Waals surface area contributed by atoms with E-state index in [1.54, 1.807) is 7.05 Å². The van der Waals surface area contributed by atoms with E-state index in [4.69, 9.17) is 10.5 Å². The van der Waals surface area contributed by atoms with E-state index in [-0.39, 0.29) is 17.0 Å². The van der Waals surface area contributed by atoms with Crippen molar-refractivity contribution in [2.24, 2.45) is 7.05 Å². The molecule has 0 fully saturated rings. The van der Waals surface area contributed by atoms with E-state index in [2.05, 4.69) is 5.10 Å². The molecule has 0 aliphatic rings. The van der Waals surface area contributed by atoms with E-state index < -0.39 is 17.3 Å². The molecular formula is C13H14F3N3O. The first-order chi connectivity index (χ1) is 9.24. The topological polar surface area (TPSA) is 53.1 Å². The average Bonchev–Trinajstić information content (AvgIpc) is 2.67. The van der Waals surface area contributed by atoms with E-state index in [1.165, 1.54) is 17.9 Å². The first-order valence-electron chi connectivity index (χ1n) is 5.79. The average molecular weight is 285 g/mol. The van der Waals surface area contributed by atoms with Crippen molar-refractivity contribution in [1.29, 1.82) is 0 Å². The Morgan fingerprint density at radius 3 is 2.40 bits per heavy atom. The van der Waals surface area contributed by atoms with Gasteiger partial charge in [0.25, 0.3) is 5.92 Å². The van der Waals surface area contributed by atoms with Crippen LogP contribution in [0.25, 0.3) is 11.3 Å². The van der Waals surface area contributed by atoms with Gasteiger partial charge in [0.2, 0.25) is 0 Å². The molecule has 1 heterocycles. The Hall–Kier alpha value is -2.18. The summed E-state index contributed by atoms with van der Waals surface area (Å²) in [6, 6.07) is 3.38. The number of hydrogen-bond donors (Lipinski definition) is 1. The van der Waals surface area contributed by atoms with Gasteiger partial charge in [0.1, 0.15) is 5.82 Å². The van der Waals surface area contributed by atoms with Crippen molar-refractivity contribution in [3.8, 4) is 17.0 Å². The molecule has 2 aromatic rings. The number of nitrogen functional groups attached to an aromatic ring is 1. The van der Waals surface area contributed by atoms with Gasteiger partial charge in [-0.25, -0.2) is 13.2 Å². The van der Waals surface area contributed by atoms with Crippen LogP contribution in [0.4, 0.5) is 19.0 Å². The van der Waals surface area contributed by atoms with Gasteiger partial charge in [0.15, 0.2) is 11.6 Å². The first kappa shape index (κ1) is 14.2. The van der Waals surface area contributed by atoms with Gasteiger partial charge in [-0.2, -0.15) is 5.10 Å². The van der Waals surface area contributed by atoms with Crippen LogP contribution in [0.15, 0.2) is 18.2 Å². The number of aromatic nitrogens is 2. The number of anilines is 1. The van der Waals surface area contributed by atoms with Crippen molar-refractivity contribution in [3.63, 3.8) is 0 Å². The molecule has 1 aromatic carbocycles. The van der Waals surface area contributed by atoms with Crippen LogP contribution in [-0.4, -0.2) is 16.9 Å². The number of nitrogens with two attached hydrogens (primary N) is 1. The van der Waals surface area contributed by atoms with Crippen molar-refractivity contribution in [2.45, 2.75) is 12.8 Å². The number of aryl methyl sites for hydroxylation is 1. The molecule has 0 aliphatic heterocycles. The molecule has 0 saturated heterocycles. The summed E-state index contributed by atoms with van der Waals surface area (Å²) in [5.41, 5.74) is 5.61. The summed E-state index contributed by atoms with van der Waals surface area (Å²) in [6.45, 7) is 0.699. The Morgan fingerprint density at radius 2 is 1.95 bits per heavy atom. The summed E-state index contributed by atoms with van der Waals surface area (Å²) in [6.07, 6.45) is 0. The molecule has 0 bridgehead atoms. The second-order valence-electron chi connectivity index (χ2n) is 4.51. The summed E-state index contributed by atoms with van der Waals surface area (Å²) in [7, 11) is 2.86. The number of halogens is 3. The van der Waals surface area contributed by atoms with E-state index in [1.807, 2.05) is 0 Å². The molecule has 0 radical (unpaired) electrons. The number of nitrogens with zero attached hydrogens (tertiary/aromatic N) is 2. The number of hydrogen-bond acceptors (Lipinski definition) is 3. The lowest BCUT2D eigenvalue weighted by molar-refractivity contribution is 0.0171. The van der Waals surface area contributed by atoms with Crippen LogP contribution < -0.4 is 10.5 Å². The Morgan fingerprint density at radius 1 is 1.30 bits per heavy atom. The zero-order valence-corrected chi connectivity index (χ0v) is 11.2. The molecule has 0 atom stereocenters. The van der Waals surface area contributed by atoms with E-state index in [9.17, 15) is 13.2 Å². The van der Waals surface area contributed by atoms with Gasteiger partial charge in [0, 0.05) is 31.2 Å². The largest absolute Gasteiger partial charge is 0.493 e. The molecule has 0 unspecified atom stereocenters. The summed E-state index contributed by atoms with van der Waals surface area (Å²) >= 11 is 0. The van der Waals surface area contributed by atoms with Gasteiger partial charge in [-0.3, -0.25) is 4.68 Å². The summed E-state index contributed by atoms with van der Waals surface area (Å²) < 4.78 is 47.0. The highest BCUT2D eigenvalue weighted by atomic mass is 19.3. The third kappa shape index (κ3) is 2.43. The first-order valence-corrected chi connectivity index (χ1v) is 5.79. The molecule has 0 spiro atoms. The molecular weight excluding hydrogens is 271 g/mol. The minimum Gasteiger partial charge on any atom is -0.493 e. The second kappa shape index (κ2) is 4.73. The molecule has 0 amide bonds. The number of benzene rings is 1. The predicted octanol–water partition coefficient (Wildman–Crippen LogP) is 2.93. The minimum atomic E-state index is -3.16. The Kier molecular flexibility index (Phi) is 3.37. The van der Waals surface area contributed by atoms with Crippen LogP contribution in [0.2, 0.25) is 0 Å². The standard InChI is InChI=1S/C13H14F3N3O/c1-13(15,16)7-4-8(12(20-3)9(14)5-7)10-6-11(17)19(2)18-10/h4-6H,17H2,1-3H3. The molecule has 0 saturated carbocycles. The molecule has 20 heavy (non-hydrogen) atoms. The van der Waals surface area contributed by atoms with Crippen molar-refractivity contribution in [2.75, 3.05) is 12.8 Å². The second-order valence-corrected chi connectivity index (χ2v) is 4.51. The molecule has 2 rings (SSSR count). The molecule has 0 aliphatic carbocycles. The number of ether oxygens (including phenoxy) is 1. The highest BCUT2D eigenvalue weighted by Gasteiger charge is 2.28. The van der Waals surface area contributed by atoms with Crippen LogP contribution in [0.1, 0.15) is 12.5 Å². The van der Waals surface area contributed by atoms with Crippen molar-refractivity contribution in [3.05, 3.63) is 29.6 Å². The third-order valence-corrected chi connectivity index (χ3v) is 2.95. The molecule has 7 heteroatoms. The normalized spacial score (nSPS) is 11.7. The van der Waals surface area contributed by atoms with Crippen molar-refractivity contribution >= 4 is 5.82 Å². The highest BCUT2D eigenvalue weighted by Crippen LogP contribution is 2.38. The third-order valence-electron chi connectivity index (χ3n) is 2.95. The Balaban J connectivity index is 2.69. The zero-order valence-electron chi connectivity index (χ0n) is 11.2. The lowest BCUT2D eigenvalue weighted by Crippen LogP contribution is -2.08. The monoisotopic (exact) mass is 285 g/mol. The smallest absolute Gasteiger partial charge is 0.270 e. The fourth-order valence-corrected chi connectivity index (χ4v) is 1.86. The summed E-state index contributed by atoms with van der Waals surface area (Å²) in [4.78, 5) is 0. The van der Waals surface area contributed by atoms with Gasteiger partial charge in [-0.1, -0.05) is 0 Å². The van der Waals surface area contributed by atoms with Crippen molar-refractivity contribution in [1.82, 2.24) is 9.78 Å². The highest BCUT2D eigenvalue weighted by molar-refractivity contribution is 5.70. The lowest BCUT2D eigenvalue weighted by atomic mass is 10.0. The predicted molar refractivity (Wildman–Crippen MR) is 69.1 cm³/mol. The summed E-state index contributed by atoms with van der Waals surface area (Å²) in [5, 5.41) is 4.05. The van der Waals surface area contributed by atoms with E-state index in [0.29, 0.717) is 12.7 Å². The quantitative estimate of drug-likeness (QED) is 0.943. The molecule has 2 N–H and O–H groups in total. The van der Waals surface area contributed by atoms with Crippen LogP contribution in [-0.2, 0) is 13.0 Å². The Bertz CT molecular complexity index is 628. The van der Waals surface area contributed by atoms with Crippen LogP contribution in [0.5, 0.6) is 5.75 Å². The Labute approximate surface area is 114 Å². The maximum absolute atomic E-state index is 13.9. The fraction of sp³-hybridized carbons (Fsp3) is 0.308. The van der Waals surface area contributed by atoms with Gasteiger partial charge in [-0.15, -0.1) is 0 Å². The zero-order chi connectivity index (χ0) is 15.1. The SMILES string of the molecule is COc1c(F)cc(C(C)(F)F)cc1-c1cc(N)n(C)n1. The number of alkyl halides is 2. The van der Waals surface area contributed by atoms with E-state index in [0.717, 1.165) is 12.1 Å². The molecule has 4 nitrogen and oxygen atoms in total. The maximum Gasteiger partial charge on any atom is 0.270 e. The van der Waals surface area contributed by atoms with Gasteiger partial charge in [0.05, 0.1) is 12.8 Å². The van der Waals surface area contributed by atoms with Gasteiger partial charge < -0.3 is 10.5 Å². The number of rotatable bonds is 3. The number of methoxy groups -OCH3 is 1. The van der Waals surface area contributed by atoms with Gasteiger partial charge in [-0.05, 0) is 12.1 Å². The van der Waals surface area contributed by atoms with Gasteiger partial charge >= 0.3 is 0 Å². The molecule has 1 aromatic heterocycles.